The molecule has 1 heterocycles. The maximum atomic E-state index is 11.9. The van der Waals surface area contributed by atoms with Crippen LogP contribution in [0.25, 0.3) is 0 Å². The van der Waals surface area contributed by atoms with Gasteiger partial charge in [-0.3, -0.25) is 14.9 Å². The molecule has 19 heavy (non-hydrogen) atoms. The van der Waals surface area contributed by atoms with Crippen LogP contribution in [0.15, 0.2) is 11.1 Å². The number of carbonyl (C=O) groups is 1. The maximum absolute atomic E-state index is 11.9. The van der Waals surface area contributed by atoms with Crippen molar-refractivity contribution in [2.45, 2.75) is 20.3 Å². The monoisotopic (exact) mass is 263 g/mol. The van der Waals surface area contributed by atoms with Crippen LogP contribution in [0.2, 0.25) is 0 Å². The number of aliphatic imine (C=N–C) groups is 1. The van der Waals surface area contributed by atoms with Crippen molar-refractivity contribution in [1.29, 1.82) is 0 Å². The fourth-order valence-electron chi connectivity index (χ4n) is 1.99. The van der Waals surface area contributed by atoms with Crippen LogP contribution < -0.4 is 0 Å². The second kappa shape index (κ2) is 4.23. The SMILES string of the molecule is Cc1cc2c(c([N+](=O)[O-])c1C)C(=O)CC([N+](=O)[O-])=N2. The van der Waals surface area contributed by atoms with Crippen molar-refractivity contribution in [2.75, 3.05) is 0 Å². The molecule has 0 saturated carbocycles. The zero-order valence-electron chi connectivity index (χ0n) is 10.2. The lowest BCUT2D eigenvalue weighted by Crippen LogP contribution is -2.21. The first-order valence-corrected chi connectivity index (χ1v) is 5.36. The molecule has 0 unspecified atom stereocenters. The van der Waals surface area contributed by atoms with Gasteiger partial charge in [0.2, 0.25) is 0 Å². The van der Waals surface area contributed by atoms with Crippen LogP contribution in [0.1, 0.15) is 27.9 Å². The Hall–Kier alpha value is -2.64. The molecule has 0 spiro atoms. The van der Waals surface area contributed by atoms with E-state index in [9.17, 15) is 25.0 Å². The molecule has 0 aliphatic carbocycles. The van der Waals surface area contributed by atoms with Gasteiger partial charge in [-0.05, 0) is 35.4 Å². The number of fused-ring (bicyclic) bond motifs is 1. The lowest BCUT2D eigenvalue weighted by atomic mass is 9.95. The van der Waals surface area contributed by atoms with Crippen LogP contribution in [0, 0.1) is 34.1 Å². The van der Waals surface area contributed by atoms with Gasteiger partial charge in [-0.25, -0.2) is 0 Å². The quantitative estimate of drug-likeness (QED) is 0.568. The second-order valence-electron chi connectivity index (χ2n) is 4.20. The van der Waals surface area contributed by atoms with Crippen molar-refractivity contribution in [1.82, 2.24) is 0 Å². The molecule has 1 aliphatic heterocycles. The zero-order valence-corrected chi connectivity index (χ0v) is 10.2. The number of nitro benzene ring substituents is 1. The Labute approximate surface area is 107 Å². The summed E-state index contributed by atoms with van der Waals surface area (Å²) < 4.78 is 0. The molecule has 0 bridgehead atoms. The zero-order chi connectivity index (χ0) is 14.3. The van der Waals surface area contributed by atoms with Gasteiger partial charge in [0.1, 0.15) is 12.0 Å². The van der Waals surface area contributed by atoms with Gasteiger partial charge in [0, 0.05) is 5.56 Å². The minimum Gasteiger partial charge on any atom is -0.358 e. The number of carbonyl (C=O) groups excluding carboxylic acids is 1. The predicted molar refractivity (Wildman–Crippen MR) is 65.6 cm³/mol. The molecule has 0 atom stereocenters. The Bertz CT molecular complexity index is 663. The first-order chi connectivity index (χ1) is 8.82. The molecule has 0 N–H and O–H groups in total. The summed E-state index contributed by atoms with van der Waals surface area (Å²) in [5, 5.41) is 21.7. The lowest BCUT2D eigenvalue weighted by Gasteiger charge is -2.11. The largest absolute Gasteiger partial charge is 0.358 e. The summed E-state index contributed by atoms with van der Waals surface area (Å²) in [5.41, 5.74) is 0.478. The molecule has 8 nitrogen and oxygen atoms in total. The van der Waals surface area contributed by atoms with Crippen LogP contribution in [0.4, 0.5) is 11.4 Å². The van der Waals surface area contributed by atoms with Crippen LogP contribution in [0.5, 0.6) is 0 Å². The number of benzene rings is 1. The smallest absolute Gasteiger partial charge is 0.347 e. The van der Waals surface area contributed by atoms with Crippen molar-refractivity contribution >= 4 is 23.0 Å². The molecular weight excluding hydrogens is 254 g/mol. The van der Waals surface area contributed by atoms with E-state index in [4.69, 9.17) is 0 Å². The molecule has 0 fully saturated rings. The summed E-state index contributed by atoms with van der Waals surface area (Å²) in [6, 6.07) is 1.46. The molecule has 0 saturated heterocycles. The van der Waals surface area contributed by atoms with E-state index in [-0.39, 0.29) is 16.9 Å². The summed E-state index contributed by atoms with van der Waals surface area (Å²) in [5.74, 6) is -1.14. The lowest BCUT2D eigenvalue weighted by molar-refractivity contribution is -0.385. The van der Waals surface area contributed by atoms with Gasteiger partial charge in [-0.15, -0.1) is 0 Å². The Kier molecular flexibility index (Phi) is 2.85. The normalized spacial score (nSPS) is 13.8. The van der Waals surface area contributed by atoms with Crippen molar-refractivity contribution in [3.05, 3.63) is 43.0 Å². The molecule has 1 aliphatic rings. The number of hydrogen-bond donors (Lipinski definition) is 0. The van der Waals surface area contributed by atoms with Crippen LogP contribution >= 0.6 is 0 Å². The van der Waals surface area contributed by atoms with E-state index in [1.807, 2.05) is 0 Å². The van der Waals surface area contributed by atoms with Gasteiger partial charge in [0.15, 0.2) is 11.5 Å². The summed E-state index contributed by atoms with van der Waals surface area (Å²) in [6.07, 6.45) is -0.524. The van der Waals surface area contributed by atoms with Gasteiger partial charge < -0.3 is 10.1 Å². The van der Waals surface area contributed by atoms with E-state index in [1.54, 1.807) is 6.92 Å². The highest BCUT2D eigenvalue weighted by Gasteiger charge is 2.37. The van der Waals surface area contributed by atoms with E-state index in [0.29, 0.717) is 11.1 Å². The summed E-state index contributed by atoms with van der Waals surface area (Å²) in [4.78, 5) is 36.0. The highest BCUT2D eigenvalue weighted by Crippen LogP contribution is 2.37. The van der Waals surface area contributed by atoms with E-state index in [0.717, 1.165) is 0 Å². The van der Waals surface area contributed by atoms with E-state index >= 15 is 0 Å². The number of Topliss-reactive ketones (excluding diaryl/α,β-unsaturated/α-hetero) is 1. The molecule has 1 aromatic rings. The summed E-state index contributed by atoms with van der Waals surface area (Å²) in [6.45, 7) is 3.16. The van der Waals surface area contributed by atoms with E-state index in [1.165, 1.54) is 13.0 Å². The number of amidine groups is 1. The highest BCUT2D eigenvalue weighted by molar-refractivity contribution is 6.15. The van der Waals surface area contributed by atoms with Crippen molar-refractivity contribution in [2.24, 2.45) is 4.99 Å². The Morgan fingerprint density at radius 3 is 2.37 bits per heavy atom. The standard InChI is InChI=1S/C11H9N3O5/c1-5-3-7-10(11(6(5)2)14(18)19)8(15)4-9(12-7)13(16)17/h3H,4H2,1-2H3. The molecule has 8 heteroatoms. The number of rotatable bonds is 1. The molecule has 1 aromatic carbocycles. The number of hydrogen-bond acceptors (Lipinski definition) is 6. The summed E-state index contributed by atoms with van der Waals surface area (Å²) in [7, 11) is 0. The van der Waals surface area contributed by atoms with Gasteiger partial charge >= 0.3 is 5.84 Å². The third-order valence-corrected chi connectivity index (χ3v) is 3.03. The van der Waals surface area contributed by atoms with Crippen LogP contribution in [-0.4, -0.2) is 21.5 Å². The third-order valence-electron chi connectivity index (χ3n) is 3.03. The maximum Gasteiger partial charge on any atom is 0.347 e. The third kappa shape index (κ3) is 1.96. The predicted octanol–water partition coefficient (Wildman–Crippen LogP) is 2.10. The first-order valence-electron chi connectivity index (χ1n) is 5.36. The minimum atomic E-state index is -0.748. The Morgan fingerprint density at radius 1 is 1.21 bits per heavy atom. The first kappa shape index (κ1) is 12.8. The number of nitro groups is 2. The Morgan fingerprint density at radius 2 is 1.84 bits per heavy atom. The van der Waals surface area contributed by atoms with E-state index in [2.05, 4.69) is 4.99 Å². The average Bonchev–Trinajstić information content (AvgIpc) is 2.30. The number of nitrogens with zero attached hydrogens (tertiary/aromatic N) is 3. The molecular formula is C11H9N3O5. The van der Waals surface area contributed by atoms with Crippen molar-refractivity contribution < 1.29 is 14.6 Å². The van der Waals surface area contributed by atoms with Gasteiger partial charge in [0.25, 0.3) is 5.69 Å². The van der Waals surface area contributed by atoms with Gasteiger partial charge in [0.05, 0.1) is 4.92 Å². The van der Waals surface area contributed by atoms with Crippen molar-refractivity contribution in [3.63, 3.8) is 0 Å². The highest BCUT2D eigenvalue weighted by atomic mass is 16.6. The molecule has 0 radical (unpaired) electrons. The summed E-state index contributed by atoms with van der Waals surface area (Å²) >= 11 is 0. The molecule has 2 rings (SSSR count). The molecule has 0 aromatic heterocycles. The second-order valence-corrected chi connectivity index (χ2v) is 4.20. The van der Waals surface area contributed by atoms with Gasteiger partial charge in [-0.2, -0.15) is 0 Å². The fourth-order valence-corrected chi connectivity index (χ4v) is 1.99. The average molecular weight is 263 g/mol. The number of aryl methyl sites for hydroxylation is 1. The molecule has 98 valence electrons. The topological polar surface area (TPSA) is 116 Å². The van der Waals surface area contributed by atoms with Gasteiger partial charge in [-0.1, -0.05) is 0 Å². The van der Waals surface area contributed by atoms with Crippen LogP contribution in [0.3, 0.4) is 0 Å². The Balaban J connectivity index is 2.81. The number of ketones is 1. The van der Waals surface area contributed by atoms with Crippen molar-refractivity contribution in [3.8, 4) is 0 Å². The fraction of sp³-hybridized carbons (Fsp3) is 0.273. The van der Waals surface area contributed by atoms with E-state index < -0.39 is 27.9 Å². The minimum absolute atomic E-state index is 0.00208. The molecule has 0 amide bonds. The van der Waals surface area contributed by atoms with Crippen LogP contribution in [-0.2, 0) is 0 Å².